The topological polar surface area (TPSA) is 58.7 Å². The number of hydrogen-bond acceptors (Lipinski definition) is 5. The molecule has 2 aliphatic rings. The highest BCUT2D eigenvalue weighted by Gasteiger charge is 2.47. The van der Waals surface area contributed by atoms with Gasteiger partial charge in [0.25, 0.3) is 0 Å². The van der Waals surface area contributed by atoms with Crippen LogP contribution in [0.1, 0.15) is 29.9 Å². The van der Waals surface area contributed by atoms with Crippen molar-refractivity contribution in [2.45, 2.75) is 44.4 Å². The van der Waals surface area contributed by atoms with Gasteiger partial charge < -0.3 is 14.4 Å². The zero-order chi connectivity index (χ0) is 12.9. The number of hydrogen-bond donors (Lipinski definition) is 1. The molecule has 0 aromatic carbocycles. The van der Waals surface area contributed by atoms with Crippen LogP contribution in [0.15, 0.2) is 4.52 Å². The van der Waals surface area contributed by atoms with E-state index in [1.807, 2.05) is 13.8 Å². The number of likely N-dealkylation sites (N-methyl/N-ethyl adjacent to an activating group) is 1. The quantitative estimate of drug-likeness (QED) is 0.807. The molecule has 2 unspecified atom stereocenters. The van der Waals surface area contributed by atoms with Crippen LogP contribution in [0.3, 0.4) is 0 Å². The van der Waals surface area contributed by atoms with Gasteiger partial charge in [-0.1, -0.05) is 5.16 Å². The van der Waals surface area contributed by atoms with Gasteiger partial charge in [-0.25, -0.2) is 0 Å². The summed E-state index contributed by atoms with van der Waals surface area (Å²) in [6.07, 6.45) is 1.37. The monoisotopic (exact) mass is 252 g/mol. The molecule has 100 valence electrons. The van der Waals surface area contributed by atoms with Crippen LogP contribution in [0, 0.1) is 13.8 Å². The van der Waals surface area contributed by atoms with Gasteiger partial charge >= 0.3 is 0 Å². The Kier molecular flexibility index (Phi) is 2.73. The van der Waals surface area contributed by atoms with E-state index in [9.17, 15) is 5.11 Å². The number of morpholine rings is 1. The van der Waals surface area contributed by atoms with E-state index in [2.05, 4.69) is 17.1 Å². The Morgan fingerprint density at radius 2 is 1.89 bits per heavy atom. The highest BCUT2D eigenvalue weighted by atomic mass is 16.5. The van der Waals surface area contributed by atoms with Gasteiger partial charge in [-0.3, -0.25) is 4.90 Å². The lowest BCUT2D eigenvalue weighted by Crippen LogP contribution is -2.59. The van der Waals surface area contributed by atoms with Crippen LogP contribution in [-0.2, 0) is 10.3 Å². The molecule has 0 radical (unpaired) electrons. The second kappa shape index (κ2) is 4.05. The molecule has 2 atom stereocenters. The molecule has 5 nitrogen and oxygen atoms in total. The molecule has 1 aromatic heterocycles. The lowest BCUT2D eigenvalue weighted by molar-refractivity contribution is -0.138. The van der Waals surface area contributed by atoms with Crippen molar-refractivity contribution >= 4 is 0 Å². The van der Waals surface area contributed by atoms with Crippen LogP contribution in [-0.4, -0.2) is 47.5 Å². The van der Waals surface area contributed by atoms with Crippen molar-refractivity contribution in [1.29, 1.82) is 0 Å². The third-order valence-electron chi connectivity index (χ3n) is 4.42. The summed E-state index contributed by atoms with van der Waals surface area (Å²) in [6.45, 7) is 5.16. The zero-order valence-corrected chi connectivity index (χ0v) is 11.1. The van der Waals surface area contributed by atoms with Gasteiger partial charge in [0, 0.05) is 17.6 Å². The Morgan fingerprint density at radius 1 is 1.28 bits per heavy atom. The van der Waals surface area contributed by atoms with Gasteiger partial charge in [0.05, 0.1) is 24.5 Å². The van der Waals surface area contributed by atoms with E-state index in [1.54, 1.807) is 0 Å². The fourth-order valence-corrected chi connectivity index (χ4v) is 3.49. The summed E-state index contributed by atoms with van der Waals surface area (Å²) in [5.74, 6) is 0.735. The average Bonchev–Trinajstić information content (AvgIpc) is 2.62. The SMILES string of the molecule is Cc1noc(C)c1C1(O)CC2COCC(C1)N2C. The van der Waals surface area contributed by atoms with Crippen LogP contribution >= 0.6 is 0 Å². The summed E-state index contributed by atoms with van der Waals surface area (Å²) >= 11 is 0. The van der Waals surface area contributed by atoms with Crippen LogP contribution < -0.4 is 0 Å². The van der Waals surface area contributed by atoms with E-state index in [4.69, 9.17) is 9.26 Å². The molecule has 18 heavy (non-hydrogen) atoms. The number of piperidine rings is 1. The predicted octanol–water partition coefficient (Wildman–Crippen LogP) is 0.972. The molecule has 0 amide bonds. The summed E-state index contributed by atoms with van der Waals surface area (Å²) in [6, 6.07) is 0.549. The van der Waals surface area contributed by atoms with Gasteiger partial charge in [0.1, 0.15) is 5.76 Å². The van der Waals surface area contributed by atoms with E-state index in [1.165, 1.54) is 0 Å². The van der Waals surface area contributed by atoms with Crippen molar-refractivity contribution in [3.63, 3.8) is 0 Å². The molecule has 3 rings (SSSR count). The normalized spacial score (nSPS) is 36.9. The molecule has 1 aromatic rings. The number of rotatable bonds is 1. The Bertz CT molecular complexity index is 424. The van der Waals surface area contributed by atoms with E-state index >= 15 is 0 Å². The first kappa shape index (κ1) is 12.1. The molecule has 3 heterocycles. The molecule has 2 fully saturated rings. The molecule has 0 spiro atoms. The minimum atomic E-state index is -0.820. The second-order valence-electron chi connectivity index (χ2n) is 5.65. The highest BCUT2D eigenvalue weighted by Crippen LogP contribution is 2.42. The van der Waals surface area contributed by atoms with E-state index in [0.717, 1.165) is 17.0 Å². The third-order valence-corrected chi connectivity index (χ3v) is 4.42. The lowest BCUT2D eigenvalue weighted by Gasteiger charge is -2.50. The maximum atomic E-state index is 11.0. The largest absolute Gasteiger partial charge is 0.385 e. The molecular formula is C13H20N2O3. The van der Waals surface area contributed by atoms with Crippen LogP contribution in [0.2, 0.25) is 0 Å². The number of fused-ring (bicyclic) bond motifs is 2. The van der Waals surface area contributed by atoms with Crippen molar-refractivity contribution in [1.82, 2.24) is 10.1 Å². The van der Waals surface area contributed by atoms with E-state index in [0.29, 0.717) is 26.1 Å². The van der Waals surface area contributed by atoms with Gasteiger partial charge in [0.2, 0.25) is 0 Å². The fraction of sp³-hybridized carbons (Fsp3) is 0.769. The first-order valence-electron chi connectivity index (χ1n) is 6.46. The summed E-state index contributed by atoms with van der Waals surface area (Å²) in [4.78, 5) is 2.33. The van der Waals surface area contributed by atoms with Gasteiger partial charge in [0.15, 0.2) is 0 Å². The van der Waals surface area contributed by atoms with Crippen molar-refractivity contribution in [3.05, 3.63) is 17.0 Å². The number of ether oxygens (including phenoxy) is 1. The summed E-state index contributed by atoms with van der Waals surface area (Å²) in [5, 5.41) is 15.0. The van der Waals surface area contributed by atoms with Gasteiger partial charge in [-0.2, -0.15) is 0 Å². The predicted molar refractivity (Wildman–Crippen MR) is 65.3 cm³/mol. The summed E-state index contributed by atoms with van der Waals surface area (Å²) in [5.41, 5.74) is 0.866. The van der Waals surface area contributed by atoms with E-state index in [-0.39, 0.29) is 12.1 Å². The summed E-state index contributed by atoms with van der Waals surface area (Å²) in [7, 11) is 2.12. The number of aliphatic hydroxyl groups is 1. The van der Waals surface area contributed by atoms with Crippen molar-refractivity contribution in [3.8, 4) is 0 Å². The second-order valence-corrected chi connectivity index (χ2v) is 5.65. The Balaban J connectivity index is 1.97. The van der Waals surface area contributed by atoms with Crippen molar-refractivity contribution < 1.29 is 14.4 Å². The smallest absolute Gasteiger partial charge is 0.140 e. The van der Waals surface area contributed by atoms with Crippen molar-refractivity contribution in [2.75, 3.05) is 20.3 Å². The molecule has 1 N–H and O–H groups in total. The zero-order valence-electron chi connectivity index (χ0n) is 11.1. The highest BCUT2D eigenvalue weighted by molar-refractivity contribution is 5.30. The molecule has 2 saturated heterocycles. The lowest BCUT2D eigenvalue weighted by atomic mass is 9.76. The van der Waals surface area contributed by atoms with Crippen LogP contribution in [0.5, 0.6) is 0 Å². The minimum absolute atomic E-state index is 0.274. The fourth-order valence-electron chi connectivity index (χ4n) is 3.49. The van der Waals surface area contributed by atoms with Gasteiger partial charge in [-0.05, 0) is 33.7 Å². The first-order chi connectivity index (χ1) is 8.51. The average molecular weight is 252 g/mol. The Hall–Kier alpha value is -0.910. The maximum Gasteiger partial charge on any atom is 0.140 e. The molecule has 2 aliphatic heterocycles. The third kappa shape index (κ3) is 1.69. The standard InChI is InChI=1S/C13H20N2O3/c1-8-12(9(2)18-14-8)13(16)4-10-6-17-7-11(5-13)15(10)3/h10-11,16H,4-7H2,1-3H3. The number of aromatic nitrogens is 1. The maximum absolute atomic E-state index is 11.0. The molecule has 5 heteroatoms. The number of nitrogens with zero attached hydrogens (tertiary/aromatic N) is 2. The van der Waals surface area contributed by atoms with Gasteiger partial charge in [-0.15, -0.1) is 0 Å². The molecule has 0 saturated carbocycles. The molecule has 2 bridgehead atoms. The molecule has 0 aliphatic carbocycles. The Morgan fingerprint density at radius 3 is 2.39 bits per heavy atom. The minimum Gasteiger partial charge on any atom is -0.385 e. The Labute approximate surface area is 107 Å². The van der Waals surface area contributed by atoms with Crippen LogP contribution in [0.4, 0.5) is 0 Å². The molecular weight excluding hydrogens is 232 g/mol. The number of aryl methyl sites for hydroxylation is 2. The summed E-state index contributed by atoms with van der Waals surface area (Å²) < 4.78 is 10.8. The van der Waals surface area contributed by atoms with Crippen LogP contribution in [0.25, 0.3) is 0 Å². The first-order valence-corrected chi connectivity index (χ1v) is 6.46. The van der Waals surface area contributed by atoms with Crippen molar-refractivity contribution in [2.24, 2.45) is 0 Å². The van der Waals surface area contributed by atoms with E-state index < -0.39 is 5.60 Å².